The van der Waals surface area contributed by atoms with Crippen LogP contribution in [0, 0.1) is 11.3 Å². The van der Waals surface area contributed by atoms with Crippen molar-refractivity contribution in [2.24, 2.45) is 0 Å². The molecule has 3 aromatic carbocycles. The molecule has 0 saturated heterocycles. The zero-order chi connectivity index (χ0) is 19.2. The van der Waals surface area contributed by atoms with Crippen LogP contribution in [0.3, 0.4) is 0 Å². The number of hydrogen-bond acceptors (Lipinski definition) is 2. The van der Waals surface area contributed by atoms with E-state index in [1.165, 1.54) is 0 Å². The molecule has 0 aromatic heterocycles. The monoisotopic (exact) mass is 413 g/mol. The maximum atomic E-state index is 9.45. The van der Waals surface area contributed by atoms with Crippen molar-refractivity contribution in [3.8, 4) is 11.8 Å². The molecule has 134 valence electrons. The highest BCUT2D eigenvalue weighted by Gasteiger charge is 2.06. The fourth-order valence-corrected chi connectivity index (χ4v) is 3.07. The Labute approximate surface area is 173 Å². The van der Waals surface area contributed by atoms with Gasteiger partial charge in [-0.2, -0.15) is 5.26 Å². The number of hydrogen-bond donors (Lipinski definition) is 0. The number of nitrogens with zero attached hydrogens (tertiary/aromatic N) is 1. The molecule has 0 spiro atoms. The maximum absolute atomic E-state index is 9.45. The van der Waals surface area contributed by atoms with E-state index in [1.54, 1.807) is 30.3 Å². The summed E-state index contributed by atoms with van der Waals surface area (Å²) in [6, 6.07) is 22.2. The Bertz CT molecular complexity index is 1020. The average Bonchev–Trinajstić information content (AvgIpc) is 2.66. The number of benzene rings is 3. The summed E-state index contributed by atoms with van der Waals surface area (Å²) in [5, 5.41) is 11.2. The summed E-state index contributed by atoms with van der Waals surface area (Å²) in [7, 11) is 0. The highest BCUT2D eigenvalue weighted by Crippen LogP contribution is 2.28. The first-order chi connectivity index (χ1) is 13.0. The van der Waals surface area contributed by atoms with Gasteiger partial charge >= 0.3 is 0 Å². The van der Waals surface area contributed by atoms with Gasteiger partial charge in [-0.05, 0) is 59.2 Å². The average molecular weight is 415 g/mol. The quantitative estimate of drug-likeness (QED) is 0.324. The third kappa shape index (κ3) is 5.28. The normalized spacial score (nSPS) is 11.1. The molecule has 0 aliphatic heterocycles. The van der Waals surface area contributed by atoms with E-state index in [-0.39, 0.29) is 0 Å². The van der Waals surface area contributed by atoms with Crippen molar-refractivity contribution in [1.82, 2.24) is 0 Å². The van der Waals surface area contributed by atoms with Crippen LogP contribution in [0.5, 0.6) is 5.75 Å². The van der Waals surface area contributed by atoms with Crippen LogP contribution in [0.4, 0.5) is 0 Å². The van der Waals surface area contributed by atoms with E-state index in [4.69, 9.17) is 39.5 Å². The molecular formula is C22H14Cl3NO. The van der Waals surface area contributed by atoms with Gasteiger partial charge in [-0.15, -0.1) is 0 Å². The van der Waals surface area contributed by atoms with Crippen LogP contribution in [0.1, 0.15) is 16.7 Å². The van der Waals surface area contributed by atoms with Gasteiger partial charge in [-0.25, -0.2) is 0 Å². The lowest BCUT2D eigenvalue weighted by Crippen LogP contribution is -1.96. The fraction of sp³-hybridized carbons (Fsp3) is 0.0455. The Balaban J connectivity index is 1.77. The van der Waals surface area contributed by atoms with Crippen molar-refractivity contribution in [3.05, 3.63) is 98.5 Å². The largest absolute Gasteiger partial charge is 0.487 e. The molecule has 0 fully saturated rings. The molecular weight excluding hydrogens is 401 g/mol. The van der Waals surface area contributed by atoms with Crippen molar-refractivity contribution in [3.63, 3.8) is 0 Å². The first-order valence-corrected chi connectivity index (χ1v) is 9.23. The van der Waals surface area contributed by atoms with Crippen molar-refractivity contribution in [2.45, 2.75) is 6.61 Å². The van der Waals surface area contributed by atoms with Gasteiger partial charge in [-0.3, -0.25) is 0 Å². The van der Waals surface area contributed by atoms with E-state index in [0.29, 0.717) is 33.0 Å². The molecule has 27 heavy (non-hydrogen) atoms. The summed E-state index contributed by atoms with van der Waals surface area (Å²) in [5.74, 6) is 0.568. The Morgan fingerprint density at radius 2 is 1.70 bits per heavy atom. The van der Waals surface area contributed by atoms with Gasteiger partial charge in [0.15, 0.2) is 0 Å². The van der Waals surface area contributed by atoms with Crippen LogP contribution in [-0.4, -0.2) is 0 Å². The number of rotatable bonds is 5. The van der Waals surface area contributed by atoms with Gasteiger partial charge in [0, 0.05) is 10.0 Å². The molecule has 0 bridgehead atoms. The second-order valence-electron chi connectivity index (χ2n) is 5.79. The molecule has 0 radical (unpaired) electrons. The minimum absolute atomic E-state index is 0.365. The van der Waals surface area contributed by atoms with Crippen LogP contribution in [-0.2, 0) is 6.61 Å². The SMILES string of the molecule is N#C/C(=C\c1ccc(OCc2cccc(Cl)c2)c(Cl)c1)c1ccc(Cl)cc1. The third-order valence-electron chi connectivity index (χ3n) is 3.83. The standard InChI is InChI=1S/C22H14Cl3NO/c23-19-7-5-17(6-8-19)18(13-26)10-15-4-9-22(21(25)12-15)27-14-16-2-1-3-20(24)11-16/h1-12H,14H2/b18-10+. The van der Waals surface area contributed by atoms with Crippen molar-refractivity contribution < 1.29 is 4.74 Å². The predicted molar refractivity (Wildman–Crippen MR) is 112 cm³/mol. The lowest BCUT2D eigenvalue weighted by Gasteiger charge is -2.09. The molecule has 2 nitrogen and oxygen atoms in total. The van der Waals surface area contributed by atoms with E-state index in [1.807, 2.05) is 42.5 Å². The Kier molecular flexibility index (Phi) is 6.42. The third-order valence-corrected chi connectivity index (χ3v) is 4.61. The summed E-state index contributed by atoms with van der Waals surface area (Å²) in [6.07, 6.45) is 1.77. The van der Waals surface area contributed by atoms with E-state index in [0.717, 1.165) is 16.7 Å². The Hall–Kier alpha value is -2.44. The van der Waals surface area contributed by atoms with Gasteiger partial charge < -0.3 is 4.74 Å². The molecule has 0 atom stereocenters. The van der Waals surface area contributed by atoms with Gasteiger partial charge in [0.25, 0.3) is 0 Å². The minimum Gasteiger partial charge on any atom is -0.487 e. The van der Waals surface area contributed by atoms with E-state index in [9.17, 15) is 5.26 Å². The lowest BCUT2D eigenvalue weighted by molar-refractivity contribution is 0.306. The van der Waals surface area contributed by atoms with E-state index >= 15 is 0 Å². The highest BCUT2D eigenvalue weighted by molar-refractivity contribution is 6.32. The molecule has 3 rings (SSSR count). The minimum atomic E-state index is 0.365. The summed E-state index contributed by atoms with van der Waals surface area (Å²) in [6.45, 7) is 0.365. The van der Waals surface area contributed by atoms with E-state index in [2.05, 4.69) is 6.07 Å². The van der Waals surface area contributed by atoms with Crippen LogP contribution in [0.15, 0.2) is 66.7 Å². The number of nitriles is 1. The second kappa shape index (κ2) is 8.97. The molecule has 0 aliphatic rings. The molecule has 0 heterocycles. The molecule has 0 unspecified atom stereocenters. The zero-order valence-electron chi connectivity index (χ0n) is 14.1. The molecule has 0 N–H and O–H groups in total. The van der Waals surface area contributed by atoms with Crippen LogP contribution >= 0.6 is 34.8 Å². The topological polar surface area (TPSA) is 33.0 Å². The van der Waals surface area contributed by atoms with Crippen molar-refractivity contribution in [2.75, 3.05) is 0 Å². The lowest BCUT2D eigenvalue weighted by atomic mass is 10.0. The molecule has 5 heteroatoms. The number of halogens is 3. The Morgan fingerprint density at radius 3 is 2.37 bits per heavy atom. The van der Waals surface area contributed by atoms with Crippen LogP contribution < -0.4 is 4.74 Å². The number of ether oxygens (including phenoxy) is 1. The molecule has 0 aliphatic carbocycles. The van der Waals surface area contributed by atoms with Gasteiger partial charge in [0.2, 0.25) is 0 Å². The molecule has 3 aromatic rings. The number of allylic oxidation sites excluding steroid dienone is 1. The van der Waals surface area contributed by atoms with Crippen LogP contribution in [0.25, 0.3) is 11.6 Å². The second-order valence-corrected chi connectivity index (χ2v) is 7.07. The molecule has 0 amide bonds. The highest BCUT2D eigenvalue weighted by atomic mass is 35.5. The van der Waals surface area contributed by atoms with Gasteiger partial charge in [0.05, 0.1) is 16.7 Å². The van der Waals surface area contributed by atoms with Crippen LogP contribution in [0.2, 0.25) is 15.1 Å². The van der Waals surface area contributed by atoms with E-state index < -0.39 is 0 Å². The van der Waals surface area contributed by atoms with Gasteiger partial charge in [-0.1, -0.05) is 65.1 Å². The summed E-state index contributed by atoms with van der Waals surface area (Å²) < 4.78 is 5.77. The van der Waals surface area contributed by atoms with Crippen molar-refractivity contribution in [1.29, 1.82) is 5.26 Å². The fourth-order valence-electron chi connectivity index (χ4n) is 2.49. The first kappa shape index (κ1) is 19.3. The summed E-state index contributed by atoms with van der Waals surface area (Å²) in [4.78, 5) is 0. The summed E-state index contributed by atoms with van der Waals surface area (Å²) in [5.41, 5.74) is 3.08. The first-order valence-electron chi connectivity index (χ1n) is 8.10. The Morgan fingerprint density at radius 1 is 0.926 bits per heavy atom. The van der Waals surface area contributed by atoms with Gasteiger partial charge in [0.1, 0.15) is 12.4 Å². The summed E-state index contributed by atoms with van der Waals surface area (Å²) >= 11 is 18.2. The zero-order valence-corrected chi connectivity index (χ0v) is 16.4. The van der Waals surface area contributed by atoms with Crippen molar-refractivity contribution >= 4 is 46.5 Å². The molecule has 0 saturated carbocycles. The smallest absolute Gasteiger partial charge is 0.138 e. The predicted octanol–water partition coefficient (Wildman–Crippen LogP) is 7.29. The maximum Gasteiger partial charge on any atom is 0.138 e.